The van der Waals surface area contributed by atoms with Gasteiger partial charge in [-0.2, -0.15) is 4.98 Å². The molecule has 7 nitrogen and oxygen atoms in total. The van der Waals surface area contributed by atoms with Crippen LogP contribution in [0.1, 0.15) is 12.6 Å². The van der Waals surface area contributed by atoms with Gasteiger partial charge in [-0.15, -0.1) is 0 Å². The summed E-state index contributed by atoms with van der Waals surface area (Å²) < 4.78 is 6.99. The van der Waals surface area contributed by atoms with E-state index in [2.05, 4.69) is 10.3 Å². The summed E-state index contributed by atoms with van der Waals surface area (Å²) in [5.74, 6) is 0.515. The first-order chi connectivity index (χ1) is 11.5. The second-order valence-corrected chi connectivity index (χ2v) is 5.66. The van der Waals surface area contributed by atoms with Crippen molar-refractivity contribution < 1.29 is 28.8 Å². The summed E-state index contributed by atoms with van der Waals surface area (Å²) in [5, 5.41) is 22.4. The van der Waals surface area contributed by atoms with Crippen LogP contribution >= 0.6 is 0 Å². The highest BCUT2D eigenvalue weighted by atomic mass is 35.5. The van der Waals surface area contributed by atoms with Gasteiger partial charge in [0.2, 0.25) is 5.88 Å². The number of para-hydroxylation sites is 1. The molecule has 1 aromatic heterocycles. The number of nitrogens with one attached hydrogen (secondary N) is 1. The third-order valence-electron chi connectivity index (χ3n) is 3.58. The van der Waals surface area contributed by atoms with Crippen LogP contribution in [0.25, 0.3) is 0 Å². The first-order valence-corrected chi connectivity index (χ1v) is 7.81. The molecule has 0 spiro atoms. The van der Waals surface area contributed by atoms with Gasteiger partial charge in [0.15, 0.2) is 0 Å². The number of aromatic hydroxyl groups is 1. The van der Waals surface area contributed by atoms with Crippen LogP contribution in [0.3, 0.4) is 0 Å². The van der Waals surface area contributed by atoms with Crippen molar-refractivity contribution in [3.05, 3.63) is 52.1 Å². The maximum absolute atomic E-state index is 11.6. The fourth-order valence-electron chi connectivity index (χ4n) is 2.18. The van der Waals surface area contributed by atoms with E-state index in [1.807, 2.05) is 31.2 Å². The zero-order valence-corrected chi connectivity index (χ0v) is 15.0. The molecule has 0 aliphatic heterocycles. The Morgan fingerprint density at radius 2 is 2.04 bits per heavy atom. The Balaban J connectivity index is 0.00000312. The van der Waals surface area contributed by atoms with Gasteiger partial charge in [-0.25, -0.2) is 4.79 Å². The first-order valence-electron chi connectivity index (χ1n) is 7.81. The molecule has 1 aromatic carbocycles. The molecule has 2 aromatic rings. The number of hydrogen-bond acceptors (Lipinski definition) is 6. The Kier molecular flexibility index (Phi) is 8.40. The lowest BCUT2D eigenvalue weighted by Crippen LogP contribution is -3.00. The summed E-state index contributed by atoms with van der Waals surface area (Å²) in [6.07, 6.45) is 0.908. The van der Waals surface area contributed by atoms with Crippen LogP contribution in [0.4, 0.5) is 0 Å². The smallest absolute Gasteiger partial charge is 1.00 e. The number of hydrogen-bond donors (Lipinski definition) is 3. The summed E-state index contributed by atoms with van der Waals surface area (Å²) in [6.45, 7) is 5.07. The summed E-state index contributed by atoms with van der Waals surface area (Å²) in [4.78, 5) is 15.1. The second-order valence-electron chi connectivity index (χ2n) is 5.66. The molecule has 0 fully saturated rings. The van der Waals surface area contributed by atoms with Crippen LogP contribution in [0.15, 0.2) is 35.3 Å². The van der Waals surface area contributed by atoms with E-state index in [9.17, 15) is 15.0 Å². The Morgan fingerprint density at radius 1 is 1.32 bits per heavy atom. The largest absolute Gasteiger partial charge is 1.00 e. The third-order valence-corrected chi connectivity index (χ3v) is 3.58. The molecule has 1 atom stereocenters. The monoisotopic (exact) mass is 369 g/mol. The number of aromatic nitrogens is 2. The predicted molar refractivity (Wildman–Crippen MR) is 91.6 cm³/mol. The molecule has 0 radical (unpaired) electrons. The molecule has 3 N–H and O–H groups in total. The Labute approximate surface area is 154 Å². The van der Waals surface area contributed by atoms with E-state index >= 15 is 0 Å². The fraction of sp³-hybridized carbons (Fsp3) is 0.412. The van der Waals surface area contributed by atoms with Crippen molar-refractivity contribution in [2.75, 3.05) is 19.7 Å². The molecule has 1 unspecified atom stereocenters. The summed E-state index contributed by atoms with van der Waals surface area (Å²) in [7, 11) is 0. The number of nitrogens with zero attached hydrogens (tertiary/aromatic N) is 2. The van der Waals surface area contributed by atoms with Crippen molar-refractivity contribution in [1.82, 2.24) is 14.9 Å². The minimum atomic E-state index is -0.652. The SMILES string of the molecule is Cc1ccccc1OCC(O)CNCCn1cc(C)c(O)nc1=O.[Cl-].[H+]. The maximum atomic E-state index is 11.6. The number of rotatable bonds is 8. The van der Waals surface area contributed by atoms with E-state index in [1.54, 1.807) is 13.1 Å². The average molecular weight is 370 g/mol. The molecule has 0 saturated carbocycles. The number of aliphatic hydroxyl groups excluding tert-OH is 1. The van der Waals surface area contributed by atoms with E-state index in [-0.39, 0.29) is 26.3 Å². The molecule has 0 bridgehead atoms. The molecule has 1 heterocycles. The number of halogens is 1. The van der Waals surface area contributed by atoms with Gasteiger partial charge < -0.3 is 32.7 Å². The highest BCUT2D eigenvalue weighted by molar-refractivity contribution is 5.31. The molecule has 0 amide bonds. The van der Waals surface area contributed by atoms with Crippen molar-refractivity contribution in [2.24, 2.45) is 0 Å². The molecule has 0 aliphatic rings. The van der Waals surface area contributed by atoms with Crippen LogP contribution in [-0.4, -0.2) is 45.6 Å². The van der Waals surface area contributed by atoms with Gasteiger partial charge in [0.1, 0.15) is 18.5 Å². The summed E-state index contributed by atoms with van der Waals surface area (Å²) in [5.41, 5.74) is 1.07. The van der Waals surface area contributed by atoms with Crippen molar-refractivity contribution in [2.45, 2.75) is 26.5 Å². The van der Waals surface area contributed by atoms with E-state index in [0.29, 0.717) is 25.2 Å². The van der Waals surface area contributed by atoms with Gasteiger partial charge in [-0.1, -0.05) is 18.2 Å². The summed E-state index contributed by atoms with van der Waals surface area (Å²) >= 11 is 0. The van der Waals surface area contributed by atoms with E-state index in [0.717, 1.165) is 11.3 Å². The van der Waals surface area contributed by atoms with Crippen LogP contribution in [0, 0.1) is 13.8 Å². The molecule has 2 rings (SSSR count). The highest BCUT2D eigenvalue weighted by Crippen LogP contribution is 2.16. The van der Waals surface area contributed by atoms with Gasteiger partial charge in [-0.05, 0) is 25.5 Å². The van der Waals surface area contributed by atoms with Crippen LogP contribution < -0.4 is 28.2 Å². The molecule has 0 saturated heterocycles. The quantitative estimate of drug-likeness (QED) is 0.453. The number of benzene rings is 1. The molecular formula is C17H24ClN3O4. The van der Waals surface area contributed by atoms with Crippen LogP contribution in [0.2, 0.25) is 0 Å². The first kappa shape index (κ1) is 21.0. The molecular weight excluding hydrogens is 346 g/mol. The number of ether oxygens (including phenoxy) is 1. The van der Waals surface area contributed by atoms with Gasteiger partial charge in [0.25, 0.3) is 0 Å². The van der Waals surface area contributed by atoms with Crippen molar-refractivity contribution in [3.8, 4) is 11.6 Å². The van der Waals surface area contributed by atoms with E-state index in [1.165, 1.54) is 4.57 Å². The van der Waals surface area contributed by atoms with Crippen molar-refractivity contribution >= 4 is 0 Å². The van der Waals surface area contributed by atoms with E-state index in [4.69, 9.17) is 4.74 Å². The van der Waals surface area contributed by atoms with Gasteiger partial charge in [0, 0.05) is 31.4 Å². The van der Waals surface area contributed by atoms with Crippen LogP contribution in [0.5, 0.6) is 11.6 Å². The topological polar surface area (TPSA) is 96.6 Å². The van der Waals surface area contributed by atoms with Crippen LogP contribution in [-0.2, 0) is 6.54 Å². The fourth-order valence-corrected chi connectivity index (χ4v) is 2.18. The van der Waals surface area contributed by atoms with Gasteiger partial charge in [0.05, 0.1) is 0 Å². The zero-order chi connectivity index (χ0) is 17.5. The molecule has 25 heavy (non-hydrogen) atoms. The predicted octanol–water partition coefficient (Wildman–Crippen LogP) is -2.29. The standard InChI is InChI=1S/C17H23N3O4.ClH/c1-12-5-3-4-6-15(12)24-11-14(21)9-18-7-8-20-10-13(2)16(22)19-17(20)23;/h3-6,10,14,18,21H,7-9,11H2,1-2H3,(H,19,22,23);1H. The lowest BCUT2D eigenvalue weighted by atomic mass is 10.2. The average Bonchev–Trinajstić information content (AvgIpc) is 2.55. The van der Waals surface area contributed by atoms with Gasteiger partial charge in [-0.3, -0.25) is 4.57 Å². The lowest BCUT2D eigenvalue weighted by molar-refractivity contribution is -0.00000816. The second kappa shape index (κ2) is 10.0. The Bertz CT molecular complexity index is 742. The minimum absolute atomic E-state index is 0. The maximum Gasteiger partial charge on any atom is 1.00 e. The number of aryl methyl sites for hydroxylation is 2. The Morgan fingerprint density at radius 3 is 2.76 bits per heavy atom. The zero-order valence-electron chi connectivity index (χ0n) is 15.3. The summed E-state index contributed by atoms with van der Waals surface area (Å²) in [6, 6.07) is 7.63. The van der Waals surface area contributed by atoms with E-state index < -0.39 is 11.8 Å². The Hall–Kier alpha value is -2.09. The molecule has 8 heteroatoms. The third kappa shape index (κ3) is 6.38. The highest BCUT2D eigenvalue weighted by Gasteiger charge is 2.07. The van der Waals surface area contributed by atoms with Crippen molar-refractivity contribution in [3.63, 3.8) is 0 Å². The number of aliphatic hydroxyl groups is 1. The molecule has 0 aliphatic carbocycles. The van der Waals surface area contributed by atoms with Crippen molar-refractivity contribution in [1.29, 1.82) is 0 Å². The lowest BCUT2D eigenvalue weighted by Gasteiger charge is -2.15. The minimum Gasteiger partial charge on any atom is -1.00 e. The van der Waals surface area contributed by atoms with Gasteiger partial charge >= 0.3 is 7.12 Å². The molecule has 138 valence electrons. The normalized spacial score (nSPS) is 11.6.